The Morgan fingerprint density at radius 3 is 2.56 bits per heavy atom. The molecule has 1 fully saturated rings. The van der Waals surface area contributed by atoms with Crippen LogP contribution < -0.4 is 0 Å². The van der Waals surface area contributed by atoms with E-state index in [4.69, 9.17) is 27.9 Å². The lowest BCUT2D eigenvalue weighted by Crippen LogP contribution is -2.52. The minimum atomic E-state index is -0.227. The van der Waals surface area contributed by atoms with Crippen LogP contribution in [0.2, 0.25) is 10.0 Å². The maximum absolute atomic E-state index is 13.1. The number of hydrogen-bond acceptors (Lipinski definition) is 4. The molecule has 32 heavy (non-hydrogen) atoms. The molecule has 1 aromatic carbocycles. The maximum Gasteiger partial charge on any atom is 0.302 e. The zero-order valence-electron chi connectivity index (χ0n) is 18.8. The molecule has 178 valence electrons. The first kappa shape index (κ1) is 27.2. The molecule has 1 aromatic rings. The van der Waals surface area contributed by atoms with Gasteiger partial charge in [0.2, 0.25) is 5.91 Å². The van der Waals surface area contributed by atoms with Gasteiger partial charge in [0.15, 0.2) is 0 Å². The van der Waals surface area contributed by atoms with Crippen LogP contribution in [0.4, 0.5) is 0 Å². The van der Waals surface area contributed by atoms with Gasteiger partial charge in [-0.1, -0.05) is 40.9 Å². The molecule has 1 aliphatic heterocycles. The third-order valence-corrected chi connectivity index (χ3v) is 7.04. The first-order valence-corrected chi connectivity index (χ1v) is 11.9. The lowest BCUT2D eigenvalue weighted by atomic mass is 9.87. The van der Waals surface area contributed by atoms with E-state index in [1.807, 2.05) is 18.0 Å². The maximum atomic E-state index is 13.1. The zero-order chi connectivity index (χ0) is 22.4. The molecule has 0 spiro atoms. The summed E-state index contributed by atoms with van der Waals surface area (Å²) in [5.41, 5.74) is 2.28. The molecule has 1 heterocycles. The number of esters is 1. The van der Waals surface area contributed by atoms with E-state index in [1.54, 1.807) is 12.1 Å². The highest BCUT2D eigenvalue weighted by Gasteiger charge is 2.35. The molecule has 0 bridgehead atoms. The highest BCUT2D eigenvalue weighted by Crippen LogP contribution is 2.31. The predicted molar refractivity (Wildman–Crippen MR) is 135 cm³/mol. The number of amides is 1. The van der Waals surface area contributed by atoms with Gasteiger partial charge in [-0.15, -0.1) is 17.0 Å². The second-order valence-corrected chi connectivity index (χ2v) is 9.35. The van der Waals surface area contributed by atoms with Gasteiger partial charge in [-0.05, 0) is 69.3 Å². The third kappa shape index (κ3) is 7.47. The highest BCUT2D eigenvalue weighted by atomic mass is 79.9. The number of likely N-dealkylation sites (tertiary alicyclic amines) is 1. The first-order chi connectivity index (χ1) is 14.8. The number of ether oxygens (including phenoxy) is 1. The van der Waals surface area contributed by atoms with E-state index in [9.17, 15) is 9.59 Å². The van der Waals surface area contributed by atoms with Crippen LogP contribution in [0.5, 0.6) is 0 Å². The summed E-state index contributed by atoms with van der Waals surface area (Å²) in [5, 5.41) is 0.975. The molecule has 8 heteroatoms. The summed E-state index contributed by atoms with van der Waals surface area (Å²) in [5.74, 6) is -0.131. The number of carbonyl (C=O) groups is 2. The molecule has 3 rings (SSSR count). The molecular weight excluding hydrogens is 515 g/mol. The standard InChI is InChI=1S/C24H32Cl2N2O3.BrH/c1-17(29)31-13-5-6-18-8-10-22(23(15-18)28-11-3-4-12-28)27(2)24(30)16-19-7-9-20(25)21(26)14-19;/h7,9,14-15,22-23H,3-6,8,10-13,16H2,1-2H3;1H. The largest absolute Gasteiger partial charge is 0.466 e. The fraction of sp³-hybridized carbons (Fsp3) is 0.583. The van der Waals surface area contributed by atoms with Gasteiger partial charge in [-0.3, -0.25) is 14.5 Å². The van der Waals surface area contributed by atoms with E-state index in [1.165, 1.54) is 25.3 Å². The Hall–Kier alpha value is -1.08. The van der Waals surface area contributed by atoms with Gasteiger partial charge in [0.1, 0.15) is 0 Å². The van der Waals surface area contributed by atoms with Gasteiger partial charge < -0.3 is 9.64 Å². The normalized spacial score (nSPS) is 20.9. The zero-order valence-corrected chi connectivity index (χ0v) is 22.0. The first-order valence-electron chi connectivity index (χ1n) is 11.1. The van der Waals surface area contributed by atoms with E-state index in [2.05, 4.69) is 11.0 Å². The molecule has 5 nitrogen and oxygen atoms in total. The topological polar surface area (TPSA) is 49.9 Å². The van der Waals surface area contributed by atoms with Crippen LogP contribution in [-0.4, -0.2) is 60.5 Å². The molecule has 0 N–H and O–H groups in total. The average molecular weight is 548 g/mol. The van der Waals surface area contributed by atoms with Crippen LogP contribution >= 0.6 is 40.2 Å². The number of allylic oxidation sites excluding steroid dienone is 1. The minimum Gasteiger partial charge on any atom is -0.466 e. The van der Waals surface area contributed by atoms with Crippen molar-refractivity contribution in [1.82, 2.24) is 9.80 Å². The summed E-state index contributed by atoms with van der Waals surface area (Å²) in [4.78, 5) is 28.5. The van der Waals surface area contributed by atoms with Crippen LogP contribution in [-0.2, 0) is 20.7 Å². The van der Waals surface area contributed by atoms with Crippen LogP contribution in [0.25, 0.3) is 0 Å². The third-order valence-electron chi connectivity index (χ3n) is 6.30. The number of hydrogen-bond donors (Lipinski definition) is 0. The minimum absolute atomic E-state index is 0. The SMILES string of the molecule is Br.CC(=O)OCCCC1=CC(N2CCCC2)C(N(C)C(=O)Cc2ccc(Cl)c(Cl)c2)CC1. The number of rotatable bonds is 8. The Morgan fingerprint density at radius 1 is 1.19 bits per heavy atom. The molecule has 1 saturated heterocycles. The van der Waals surface area contributed by atoms with Crippen molar-refractivity contribution in [3.8, 4) is 0 Å². The van der Waals surface area contributed by atoms with Crippen molar-refractivity contribution >= 4 is 52.1 Å². The van der Waals surface area contributed by atoms with Crippen molar-refractivity contribution in [3.63, 3.8) is 0 Å². The Bertz CT molecular complexity index is 827. The number of nitrogens with zero attached hydrogens (tertiary/aromatic N) is 2. The second-order valence-electron chi connectivity index (χ2n) is 8.54. The number of likely N-dealkylation sites (N-methyl/N-ethyl adjacent to an activating group) is 1. The Morgan fingerprint density at radius 2 is 1.91 bits per heavy atom. The number of benzene rings is 1. The summed E-state index contributed by atoms with van der Waals surface area (Å²) < 4.78 is 5.08. The smallest absolute Gasteiger partial charge is 0.302 e. The average Bonchev–Trinajstić information content (AvgIpc) is 3.28. The van der Waals surface area contributed by atoms with Gasteiger partial charge in [0.05, 0.1) is 29.1 Å². The van der Waals surface area contributed by atoms with Gasteiger partial charge in [-0.25, -0.2) is 0 Å². The van der Waals surface area contributed by atoms with Crippen molar-refractivity contribution in [3.05, 3.63) is 45.5 Å². The van der Waals surface area contributed by atoms with Crippen molar-refractivity contribution in [2.75, 3.05) is 26.7 Å². The molecule has 0 saturated carbocycles. The lowest BCUT2D eigenvalue weighted by Gasteiger charge is -2.41. The summed E-state index contributed by atoms with van der Waals surface area (Å²) in [6.45, 7) is 4.06. The Balaban J connectivity index is 0.00000363. The molecule has 0 radical (unpaired) electrons. The summed E-state index contributed by atoms with van der Waals surface area (Å²) in [6, 6.07) is 5.77. The monoisotopic (exact) mass is 546 g/mol. The lowest BCUT2D eigenvalue weighted by molar-refractivity contribution is -0.141. The molecular formula is C24H33BrCl2N2O3. The number of carbonyl (C=O) groups excluding carboxylic acids is 2. The summed E-state index contributed by atoms with van der Waals surface area (Å²) in [7, 11) is 1.92. The molecule has 2 aliphatic rings. The van der Waals surface area contributed by atoms with E-state index in [0.29, 0.717) is 23.1 Å². The molecule has 1 amide bonds. The van der Waals surface area contributed by atoms with Crippen LogP contribution in [0.3, 0.4) is 0 Å². The Kier molecular flexibility index (Phi) is 11.0. The quantitative estimate of drug-likeness (QED) is 0.246. The van der Waals surface area contributed by atoms with Crippen molar-refractivity contribution in [2.45, 2.75) is 64.0 Å². The van der Waals surface area contributed by atoms with E-state index in [-0.39, 0.29) is 40.9 Å². The van der Waals surface area contributed by atoms with Crippen LogP contribution in [0.1, 0.15) is 51.0 Å². The van der Waals surface area contributed by atoms with Gasteiger partial charge in [-0.2, -0.15) is 0 Å². The van der Waals surface area contributed by atoms with Gasteiger partial charge in [0, 0.05) is 20.0 Å². The number of halogens is 3. The van der Waals surface area contributed by atoms with Gasteiger partial charge in [0.25, 0.3) is 0 Å². The molecule has 1 aliphatic carbocycles. The van der Waals surface area contributed by atoms with Crippen molar-refractivity contribution in [2.24, 2.45) is 0 Å². The molecule has 2 atom stereocenters. The van der Waals surface area contributed by atoms with Gasteiger partial charge >= 0.3 is 5.97 Å². The van der Waals surface area contributed by atoms with E-state index in [0.717, 1.165) is 44.3 Å². The predicted octanol–water partition coefficient (Wildman–Crippen LogP) is 5.47. The van der Waals surface area contributed by atoms with E-state index >= 15 is 0 Å². The van der Waals surface area contributed by atoms with E-state index < -0.39 is 0 Å². The van der Waals surface area contributed by atoms with Crippen LogP contribution in [0.15, 0.2) is 29.8 Å². The second kappa shape index (κ2) is 13.0. The fourth-order valence-corrected chi connectivity index (χ4v) is 4.93. The summed E-state index contributed by atoms with van der Waals surface area (Å²) in [6.07, 6.45) is 8.80. The summed E-state index contributed by atoms with van der Waals surface area (Å²) >= 11 is 12.1. The molecule has 0 aromatic heterocycles. The van der Waals surface area contributed by atoms with Crippen LogP contribution in [0, 0.1) is 0 Å². The van der Waals surface area contributed by atoms with Crippen molar-refractivity contribution in [1.29, 1.82) is 0 Å². The fourth-order valence-electron chi connectivity index (χ4n) is 4.61. The molecule has 2 unspecified atom stereocenters. The van der Waals surface area contributed by atoms with Crippen molar-refractivity contribution < 1.29 is 14.3 Å². The Labute approximate surface area is 211 Å². The highest BCUT2D eigenvalue weighted by molar-refractivity contribution is 8.93.